The van der Waals surface area contributed by atoms with Crippen LogP contribution in [0.25, 0.3) is 0 Å². The van der Waals surface area contributed by atoms with Crippen molar-refractivity contribution in [1.29, 1.82) is 0 Å². The predicted molar refractivity (Wildman–Crippen MR) is 93.4 cm³/mol. The van der Waals surface area contributed by atoms with Crippen LogP contribution in [0.1, 0.15) is 47.0 Å². The van der Waals surface area contributed by atoms with Gasteiger partial charge in [0, 0.05) is 44.8 Å². The van der Waals surface area contributed by atoms with Crippen molar-refractivity contribution in [1.82, 2.24) is 14.7 Å². The Labute approximate surface area is 137 Å². The number of piperazine rings is 1. The Morgan fingerprint density at radius 1 is 0.955 bits per heavy atom. The summed E-state index contributed by atoms with van der Waals surface area (Å²) in [7, 11) is 0. The molecule has 0 aromatic heterocycles. The molecular weight excluding hydrogens is 274 g/mol. The Morgan fingerprint density at radius 2 is 1.59 bits per heavy atom. The van der Waals surface area contributed by atoms with E-state index in [0.717, 1.165) is 25.6 Å². The maximum Gasteiger partial charge on any atom is 0.0597 e. The molecule has 1 atom stereocenters. The molecule has 0 aromatic carbocycles. The SMILES string of the molecule is CCC(C)OCCN1CCN(C2CCN(C(C)C)CC2)CC1. The highest BCUT2D eigenvalue weighted by atomic mass is 16.5. The van der Waals surface area contributed by atoms with Gasteiger partial charge in [-0.3, -0.25) is 9.80 Å². The topological polar surface area (TPSA) is 19.0 Å². The molecule has 4 nitrogen and oxygen atoms in total. The van der Waals surface area contributed by atoms with Crippen molar-refractivity contribution in [3.63, 3.8) is 0 Å². The molecule has 0 aromatic rings. The number of ether oxygens (including phenoxy) is 1. The zero-order chi connectivity index (χ0) is 15.9. The minimum Gasteiger partial charge on any atom is -0.377 e. The molecule has 0 spiro atoms. The van der Waals surface area contributed by atoms with Gasteiger partial charge in [-0.05, 0) is 53.1 Å². The number of piperidine rings is 1. The Morgan fingerprint density at radius 3 is 2.14 bits per heavy atom. The van der Waals surface area contributed by atoms with Crippen LogP contribution < -0.4 is 0 Å². The van der Waals surface area contributed by atoms with E-state index in [2.05, 4.69) is 42.4 Å². The van der Waals surface area contributed by atoms with Crippen molar-refractivity contribution in [2.45, 2.75) is 65.1 Å². The van der Waals surface area contributed by atoms with Gasteiger partial charge in [0.25, 0.3) is 0 Å². The predicted octanol–water partition coefficient (Wildman–Crippen LogP) is 2.29. The van der Waals surface area contributed by atoms with Crippen LogP contribution in [0.2, 0.25) is 0 Å². The normalized spacial score (nSPS) is 25.0. The maximum atomic E-state index is 5.81. The first-order chi connectivity index (χ1) is 10.6. The molecular formula is C18H37N3O. The molecule has 2 heterocycles. The average molecular weight is 312 g/mol. The fourth-order valence-corrected chi connectivity index (χ4v) is 3.62. The van der Waals surface area contributed by atoms with E-state index in [9.17, 15) is 0 Å². The van der Waals surface area contributed by atoms with Crippen LogP contribution in [0, 0.1) is 0 Å². The van der Waals surface area contributed by atoms with Gasteiger partial charge in [-0.25, -0.2) is 0 Å². The van der Waals surface area contributed by atoms with E-state index in [0.29, 0.717) is 12.1 Å². The standard InChI is InChI=1S/C18H37N3O/c1-5-17(4)22-15-14-19-10-12-21(13-11-19)18-6-8-20(9-7-18)16(2)3/h16-18H,5-15H2,1-4H3. The molecule has 0 amide bonds. The second-order valence-corrected chi connectivity index (χ2v) is 7.33. The molecule has 130 valence electrons. The number of nitrogens with zero attached hydrogens (tertiary/aromatic N) is 3. The van der Waals surface area contributed by atoms with Crippen molar-refractivity contribution in [3.05, 3.63) is 0 Å². The molecule has 2 aliphatic rings. The fraction of sp³-hybridized carbons (Fsp3) is 1.00. The lowest BCUT2D eigenvalue weighted by molar-refractivity contribution is 0.0198. The monoisotopic (exact) mass is 311 g/mol. The highest BCUT2D eigenvalue weighted by Gasteiger charge is 2.27. The summed E-state index contributed by atoms with van der Waals surface area (Å²) in [4.78, 5) is 7.94. The number of hydrogen-bond acceptors (Lipinski definition) is 4. The summed E-state index contributed by atoms with van der Waals surface area (Å²) in [5, 5.41) is 0. The Balaban J connectivity index is 1.61. The highest BCUT2D eigenvalue weighted by Crippen LogP contribution is 2.19. The van der Waals surface area contributed by atoms with Crippen LogP contribution in [0.5, 0.6) is 0 Å². The van der Waals surface area contributed by atoms with Crippen molar-refractivity contribution >= 4 is 0 Å². The Hall–Kier alpha value is -0.160. The van der Waals surface area contributed by atoms with E-state index in [4.69, 9.17) is 4.74 Å². The molecule has 0 bridgehead atoms. The second kappa shape index (κ2) is 9.21. The summed E-state index contributed by atoms with van der Waals surface area (Å²) in [6, 6.07) is 1.54. The van der Waals surface area contributed by atoms with E-state index in [1.165, 1.54) is 52.1 Å². The highest BCUT2D eigenvalue weighted by molar-refractivity contribution is 4.84. The third-order valence-electron chi connectivity index (χ3n) is 5.54. The lowest BCUT2D eigenvalue weighted by Gasteiger charge is -2.43. The maximum absolute atomic E-state index is 5.81. The summed E-state index contributed by atoms with van der Waals surface area (Å²) in [5.74, 6) is 0. The summed E-state index contributed by atoms with van der Waals surface area (Å²) in [5.41, 5.74) is 0. The molecule has 0 aliphatic carbocycles. The molecule has 2 saturated heterocycles. The van der Waals surface area contributed by atoms with Crippen LogP contribution >= 0.6 is 0 Å². The third-order valence-corrected chi connectivity index (χ3v) is 5.54. The first-order valence-electron chi connectivity index (χ1n) is 9.42. The molecule has 0 saturated carbocycles. The van der Waals surface area contributed by atoms with E-state index in [-0.39, 0.29) is 0 Å². The number of likely N-dealkylation sites (tertiary alicyclic amines) is 1. The van der Waals surface area contributed by atoms with Gasteiger partial charge in [-0.2, -0.15) is 0 Å². The lowest BCUT2D eigenvalue weighted by Crippen LogP contribution is -2.54. The Kier molecular flexibility index (Phi) is 7.61. The van der Waals surface area contributed by atoms with Gasteiger partial charge in [0.1, 0.15) is 0 Å². The molecule has 0 radical (unpaired) electrons. The van der Waals surface area contributed by atoms with E-state index in [1.807, 2.05) is 0 Å². The molecule has 0 N–H and O–H groups in total. The van der Waals surface area contributed by atoms with Gasteiger partial charge >= 0.3 is 0 Å². The average Bonchev–Trinajstić information content (AvgIpc) is 2.55. The van der Waals surface area contributed by atoms with Crippen LogP contribution in [-0.4, -0.2) is 85.3 Å². The van der Waals surface area contributed by atoms with Crippen LogP contribution in [0.4, 0.5) is 0 Å². The van der Waals surface area contributed by atoms with Gasteiger partial charge < -0.3 is 9.64 Å². The van der Waals surface area contributed by atoms with E-state index in [1.54, 1.807) is 0 Å². The Bertz CT molecular complexity index is 295. The van der Waals surface area contributed by atoms with Crippen molar-refractivity contribution in [3.8, 4) is 0 Å². The van der Waals surface area contributed by atoms with Gasteiger partial charge in [0.05, 0.1) is 12.7 Å². The molecule has 22 heavy (non-hydrogen) atoms. The van der Waals surface area contributed by atoms with Crippen LogP contribution in [0.15, 0.2) is 0 Å². The first-order valence-corrected chi connectivity index (χ1v) is 9.42. The summed E-state index contributed by atoms with van der Waals surface area (Å²) < 4.78 is 5.81. The summed E-state index contributed by atoms with van der Waals surface area (Å²) in [6.07, 6.45) is 4.24. The number of hydrogen-bond donors (Lipinski definition) is 0. The quantitative estimate of drug-likeness (QED) is 0.718. The summed E-state index contributed by atoms with van der Waals surface area (Å²) in [6.45, 7) is 18.5. The largest absolute Gasteiger partial charge is 0.377 e. The number of rotatable bonds is 7. The fourth-order valence-electron chi connectivity index (χ4n) is 3.62. The smallest absolute Gasteiger partial charge is 0.0597 e. The van der Waals surface area contributed by atoms with Crippen molar-refractivity contribution in [2.24, 2.45) is 0 Å². The first kappa shape index (κ1) is 18.2. The lowest BCUT2D eigenvalue weighted by atomic mass is 10.0. The van der Waals surface area contributed by atoms with Crippen LogP contribution in [0.3, 0.4) is 0 Å². The minimum absolute atomic E-state index is 0.410. The molecule has 1 unspecified atom stereocenters. The zero-order valence-electron chi connectivity index (χ0n) is 15.3. The van der Waals surface area contributed by atoms with E-state index >= 15 is 0 Å². The van der Waals surface area contributed by atoms with Gasteiger partial charge in [-0.1, -0.05) is 6.92 Å². The van der Waals surface area contributed by atoms with Gasteiger partial charge in [0.15, 0.2) is 0 Å². The van der Waals surface area contributed by atoms with Crippen molar-refractivity contribution in [2.75, 3.05) is 52.4 Å². The van der Waals surface area contributed by atoms with E-state index < -0.39 is 0 Å². The van der Waals surface area contributed by atoms with Gasteiger partial charge in [0.2, 0.25) is 0 Å². The molecule has 2 aliphatic heterocycles. The molecule has 2 fully saturated rings. The molecule has 4 heteroatoms. The zero-order valence-corrected chi connectivity index (χ0v) is 15.3. The van der Waals surface area contributed by atoms with Gasteiger partial charge in [-0.15, -0.1) is 0 Å². The summed E-state index contributed by atoms with van der Waals surface area (Å²) >= 11 is 0. The van der Waals surface area contributed by atoms with Crippen molar-refractivity contribution < 1.29 is 4.74 Å². The minimum atomic E-state index is 0.410. The molecule has 2 rings (SSSR count). The van der Waals surface area contributed by atoms with Crippen LogP contribution in [-0.2, 0) is 4.74 Å². The third kappa shape index (κ3) is 5.48. The second-order valence-electron chi connectivity index (χ2n) is 7.33.